The molecule has 1 amide bonds. The van der Waals surface area contributed by atoms with E-state index < -0.39 is 0 Å². The maximum atomic E-state index is 12.4. The van der Waals surface area contributed by atoms with Crippen LogP contribution in [-0.2, 0) is 4.79 Å². The van der Waals surface area contributed by atoms with Gasteiger partial charge in [-0.15, -0.1) is 0 Å². The van der Waals surface area contributed by atoms with E-state index in [2.05, 4.69) is 11.4 Å². The first-order valence-corrected chi connectivity index (χ1v) is 6.58. The molecule has 0 aliphatic carbocycles. The summed E-state index contributed by atoms with van der Waals surface area (Å²) in [4.78, 5) is 14.3. The van der Waals surface area contributed by atoms with Gasteiger partial charge in [0.2, 0.25) is 5.91 Å². The van der Waals surface area contributed by atoms with Gasteiger partial charge in [0.25, 0.3) is 0 Å². The number of carbonyl (C=O) groups is 1. The number of nitrogens with zero attached hydrogens (tertiary/aromatic N) is 2. The maximum absolute atomic E-state index is 12.4. The Hall–Kier alpha value is -1.86. The minimum absolute atomic E-state index is 0.0943. The Balaban J connectivity index is 2.42. The van der Waals surface area contributed by atoms with E-state index in [1.807, 2.05) is 37.9 Å². The lowest BCUT2D eigenvalue weighted by Crippen LogP contribution is -2.50. The largest absolute Gasteiger partial charge is 0.311 e. The molecule has 4 heteroatoms. The first-order chi connectivity index (χ1) is 9.08. The second-order valence-electron chi connectivity index (χ2n) is 5.04. The lowest BCUT2D eigenvalue weighted by Gasteiger charge is -2.34. The number of hydrogen-bond donors (Lipinski definition) is 1. The van der Waals surface area contributed by atoms with Crippen LogP contribution in [0.2, 0.25) is 0 Å². The number of likely N-dealkylation sites (N-methyl/N-ethyl adjacent to an activating group) is 1. The van der Waals surface area contributed by atoms with Crippen molar-refractivity contribution in [1.82, 2.24) is 5.32 Å². The van der Waals surface area contributed by atoms with E-state index in [1.54, 1.807) is 0 Å². The van der Waals surface area contributed by atoms with Crippen LogP contribution in [0.15, 0.2) is 12.1 Å². The molecule has 1 heterocycles. The van der Waals surface area contributed by atoms with Crippen LogP contribution < -0.4 is 10.2 Å². The standard InChI is InChI=1S/C15H19N3O/c1-10-7-12(9-16)8-11(2)14(10)18-6-4-5-13(17-3)15(18)19/h7-8,13,17H,4-6H2,1-3H3. The number of amides is 1. The van der Waals surface area contributed by atoms with Crippen LogP contribution >= 0.6 is 0 Å². The van der Waals surface area contributed by atoms with Crippen LogP contribution in [0.4, 0.5) is 5.69 Å². The highest BCUT2D eigenvalue weighted by atomic mass is 16.2. The Morgan fingerprint density at radius 3 is 2.53 bits per heavy atom. The van der Waals surface area contributed by atoms with Crippen molar-refractivity contribution in [2.75, 3.05) is 18.5 Å². The molecule has 1 fully saturated rings. The Bertz CT molecular complexity index is 522. The Labute approximate surface area is 114 Å². The topological polar surface area (TPSA) is 56.1 Å². The molecule has 100 valence electrons. The van der Waals surface area contributed by atoms with Crippen molar-refractivity contribution in [1.29, 1.82) is 5.26 Å². The highest BCUT2D eigenvalue weighted by molar-refractivity contribution is 5.99. The molecule has 1 N–H and O–H groups in total. The predicted octanol–water partition coefficient (Wildman–Crippen LogP) is 1.89. The molecule has 1 unspecified atom stereocenters. The van der Waals surface area contributed by atoms with Crippen LogP contribution in [0.1, 0.15) is 29.5 Å². The van der Waals surface area contributed by atoms with E-state index in [0.29, 0.717) is 5.56 Å². The molecule has 1 saturated heterocycles. The summed E-state index contributed by atoms with van der Waals surface area (Å²) in [6, 6.07) is 5.75. The molecule has 4 nitrogen and oxygen atoms in total. The minimum Gasteiger partial charge on any atom is -0.311 e. The van der Waals surface area contributed by atoms with Crippen molar-refractivity contribution >= 4 is 11.6 Å². The van der Waals surface area contributed by atoms with Gasteiger partial charge in [0.15, 0.2) is 0 Å². The third kappa shape index (κ3) is 2.47. The summed E-state index contributed by atoms with van der Waals surface area (Å²) < 4.78 is 0. The van der Waals surface area contributed by atoms with Crippen LogP contribution in [0.25, 0.3) is 0 Å². The zero-order valence-corrected chi connectivity index (χ0v) is 11.7. The van der Waals surface area contributed by atoms with E-state index in [-0.39, 0.29) is 11.9 Å². The molecule has 1 atom stereocenters. The summed E-state index contributed by atoms with van der Waals surface area (Å²) in [5, 5.41) is 12.1. The SMILES string of the molecule is CNC1CCCN(c2c(C)cc(C#N)cc2C)C1=O. The number of aryl methyl sites for hydroxylation is 2. The molecule has 0 radical (unpaired) electrons. The predicted molar refractivity (Wildman–Crippen MR) is 75.1 cm³/mol. The number of hydrogen-bond acceptors (Lipinski definition) is 3. The third-order valence-corrected chi connectivity index (χ3v) is 3.68. The van der Waals surface area contributed by atoms with Crippen LogP contribution in [-0.4, -0.2) is 25.5 Å². The van der Waals surface area contributed by atoms with Crippen molar-refractivity contribution in [3.05, 3.63) is 28.8 Å². The molecular formula is C15H19N3O. The number of carbonyl (C=O) groups excluding carboxylic acids is 1. The first-order valence-electron chi connectivity index (χ1n) is 6.58. The number of nitriles is 1. The summed E-state index contributed by atoms with van der Waals surface area (Å²) >= 11 is 0. The summed E-state index contributed by atoms with van der Waals surface area (Å²) in [5.41, 5.74) is 3.58. The minimum atomic E-state index is -0.0943. The van der Waals surface area contributed by atoms with Crippen LogP contribution in [0.3, 0.4) is 0 Å². The van der Waals surface area contributed by atoms with Gasteiger partial charge in [0.1, 0.15) is 0 Å². The summed E-state index contributed by atoms with van der Waals surface area (Å²) in [6.07, 6.45) is 1.89. The average Bonchev–Trinajstić information content (AvgIpc) is 2.39. The highest BCUT2D eigenvalue weighted by Crippen LogP contribution is 2.29. The van der Waals surface area contributed by atoms with Gasteiger partial charge in [-0.3, -0.25) is 4.79 Å². The van der Waals surface area contributed by atoms with Gasteiger partial charge >= 0.3 is 0 Å². The van der Waals surface area contributed by atoms with Crippen LogP contribution in [0.5, 0.6) is 0 Å². The summed E-state index contributed by atoms with van der Waals surface area (Å²) in [7, 11) is 1.82. The van der Waals surface area contributed by atoms with Gasteiger partial charge in [-0.1, -0.05) is 0 Å². The summed E-state index contributed by atoms with van der Waals surface area (Å²) in [5.74, 6) is 0.129. The van der Waals surface area contributed by atoms with Gasteiger partial charge in [0.05, 0.1) is 17.7 Å². The Morgan fingerprint density at radius 2 is 2.00 bits per heavy atom. The van der Waals surface area contributed by atoms with Crippen molar-refractivity contribution in [2.24, 2.45) is 0 Å². The molecule has 0 spiro atoms. The van der Waals surface area contributed by atoms with Crippen molar-refractivity contribution < 1.29 is 4.79 Å². The molecule has 0 aromatic heterocycles. The van der Waals surface area contributed by atoms with Gasteiger partial charge in [-0.2, -0.15) is 5.26 Å². The second kappa shape index (κ2) is 5.41. The Kier molecular flexibility index (Phi) is 3.87. The number of anilines is 1. The van der Waals surface area contributed by atoms with Crippen molar-refractivity contribution in [3.63, 3.8) is 0 Å². The van der Waals surface area contributed by atoms with E-state index in [0.717, 1.165) is 36.2 Å². The third-order valence-electron chi connectivity index (χ3n) is 3.68. The lowest BCUT2D eigenvalue weighted by atomic mass is 9.99. The molecule has 0 bridgehead atoms. The molecule has 0 saturated carbocycles. The van der Waals surface area contributed by atoms with Gasteiger partial charge in [-0.05, 0) is 57.0 Å². The molecule has 1 aliphatic heterocycles. The lowest BCUT2D eigenvalue weighted by molar-refractivity contribution is -0.121. The molecular weight excluding hydrogens is 238 g/mol. The molecule has 1 aromatic rings. The molecule has 1 aromatic carbocycles. The zero-order chi connectivity index (χ0) is 14.0. The maximum Gasteiger partial charge on any atom is 0.244 e. The van der Waals surface area contributed by atoms with E-state index >= 15 is 0 Å². The second-order valence-corrected chi connectivity index (χ2v) is 5.04. The van der Waals surface area contributed by atoms with Crippen molar-refractivity contribution in [2.45, 2.75) is 32.7 Å². The number of rotatable bonds is 2. The fraction of sp³-hybridized carbons (Fsp3) is 0.467. The quantitative estimate of drug-likeness (QED) is 0.880. The van der Waals surface area contributed by atoms with Crippen LogP contribution in [0, 0.1) is 25.2 Å². The van der Waals surface area contributed by atoms with E-state index in [4.69, 9.17) is 5.26 Å². The molecule has 1 aliphatic rings. The molecule has 19 heavy (non-hydrogen) atoms. The highest BCUT2D eigenvalue weighted by Gasteiger charge is 2.30. The molecule has 2 rings (SSSR count). The monoisotopic (exact) mass is 257 g/mol. The number of benzene rings is 1. The smallest absolute Gasteiger partial charge is 0.244 e. The first kappa shape index (κ1) is 13.6. The van der Waals surface area contributed by atoms with Gasteiger partial charge < -0.3 is 10.2 Å². The normalized spacial score (nSPS) is 19.4. The van der Waals surface area contributed by atoms with E-state index in [9.17, 15) is 4.79 Å². The van der Waals surface area contributed by atoms with Crippen molar-refractivity contribution in [3.8, 4) is 6.07 Å². The number of piperidine rings is 1. The fourth-order valence-electron chi connectivity index (χ4n) is 2.81. The van der Waals surface area contributed by atoms with Gasteiger partial charge in [0, 0.05) is 12.2 Å². The fourth-order valence-corrected chi connectivity index (χ4v) is 2.81. The summed E-state index contributed by atoms with van der Waals surface area (Å²) in [6.45, 7) is 4.67. The average molecular weight is 257 g/mol. The number of nitrogens with one attached hydrogen (secondary N) is 1. The zero-order valence-electron chi connectivity index (χ0n) is 11.7. The Morgan fingerprint density at radius 1 is 1.37 bits per heavy atom. The van der Waals surface area contributed by atoms with E-state index in [1.165, 1.54) is 0 Å². The van der Waals surface area contributed by atoms with Gasteiger partial charge in [-0.25, -0.2) is 0 Å².